The number of benzene rings is 4. The zero-order valence-electron chi connectivity index (χ0n) is 13.0. The van der Waals surface area contributed by atoms with E-state index in [4.69, 9.17) is 10.7 Å². The Morgan fingerprint density at radius 1 is 0.708 bits per heavy atom. The number of anilines is 1. The Hall–Kier alpha value is -3.33. The number of nitrogens with zero attached hydrogens (tertiary/aromatic N) is 1. The second-order valence-corrected chi connectivity index (χ2v) is 6.03. The third-order valence-corrected chi connectivity index (χ3v) is 4.53. The van der Waals surface area contributed by atoms with Crippen LogP contribution in [0.3, 0.4) is 0 Å². The number of H-pyrrole nitrogens is 1. The van der Waals surface area contributed by atoms with Gasteiger partial charge in [0.15, 0.2) is 0 Å². The van der Waals surface area contributed by atoms with Crippen molar-refractivity contribution in [3.05, 3.63) is 72.8 Å². The molecule has 0 amide bonds. The van der Waals surface area contributed by atoms with Crippen molar-refractivity contribution in [2.45, 2.75) is 0 Å². The molecule has 0 radical (unpaired) electrons. The molecule has 5 aromatic rings. The molecule has 3 heteroatoms. The van der Waals surface area contributed by atoms with Gasteiger partial charge in [0.05, 0.1) is 11.0 Å². The van der Waals surface area contributed by atoms with Crippen LogP contribution >= 0.6 is 0 Å². The van der Waals surface area contributed by atoms with Gasteiger partial charge < -0.3 is 10.7 Å². The fourth-order valence-corrected chi connectivity index (χ4v) is 3.45. The van der Waals surface area contributed by atoms with Gasteiger partial charge in [-0.2, -0.15) is 0 Å². The highest BCUT2D eigenvalue weighted by Crippen LogP contribution is 2.35. The molecule has 0 fully saturated rings. The van der Waals surface area contributed by atoms with Crippen LogP contribution in [0.25, 0.3) is 44.0 Å². The number of imidazole rings is 1. The summed E-state index contributed by atoms with van der Waals surface area (Å²) < 4.78 is 0. The van der Waals surface area contributed by atoms with Crippen LogP contribution in [0.4, 0.5) is 5.69 Å². The SMILES string of the molecule is Nc1cccc(-c2nc3c4ccccc4c4ccccc4c3[nH]2)c1. The molecular weight excluding hydrogens is 294 g/mol. The van der Waals surface area contributed by atoms with Crippen LogP contribution in [0.5, 0.6) is 0 Å². The van der Waals surface area contributed by atoms with E-state index in [9.17, 15) is 0 Å². The second kappa shape index (κ2) is 4.83. The number of aromatic amines is 1. The average molecular weight is 309 g/mol. The predicted octanol–water partition coefficient (Wildman–Crippen LogP) is 5.12. The topological polar surface area (TPSA) is 54.7 Å². The van der Waals surface area contributed by atoms with E-state index in [1.165, 1.54) is 16.2 Å². The minimum Gasteiger partial charge on any atom is -0.399 e. The van der Waals surface area contributed by atoms with Crippen LogP contribution in [-0.2, 0) is 0 Å². The molecule has 0 aliphatic heterocycles. The highest BCUT2D eigenvalue weighted by atomic mass is 14.9. The molecule has 0 saturated carbocycles. The molecule has 0 bridgehead atoms. The minimum atomic E-state index is 0.739. The minimum absolute atomic E-state index is 0.739. The molecule has 1 heterocycles. The van der Waals surface area contributed by atoms with Crippen molar-refractivity contribution in [2.24, 2.45) is 0 Å². The Morgan fingerprint density at radius 2 is 1.38 bits per heavy atom. The Morgan fingerprint density at radius 3 is 2.12 bits per heavy atom. The molecule has 114 valence electrons. The van der Waals surface area contributed by atoms with Gasteiger partial charge in [0.2, 0.25) is 0 Å². The van der Waals surface area contributed by atoms with Crippen molar-refractivity contribution in [2.75, 3.05) is 5.73 Å². The lowest BCUT2D eigenvalue weighted by Crippen LogP contribution is -1.86. The lowest BCUT2D eigenvalue weighted by atomic mass is 10.0. The quantitative estimate of drug-likeness (QED) is 0.333. The van der Waals surface area contributed by atoms with Gasteiger partial charge in [0.1, 0.15) is 5.82 Å². The van der Waals surface area contributed by atoms with Crippen molar-refractivity contribution in [3.63, 3.8) is 0 Å². The van der Waals surface area contributed by atoms with Gasteiger partial charge in [-0.3, -0.25) is 0 Å². The van der Waals surface area contributed by atoms with Crippen molar-refractivity contribution >= 4 is 38.3 Å². The summed E-state index contributed by atoms with van der Waals surface area (Å²) in [5, 5.41) is 4.82. The molecule has 5 rings (SSSR count). The van der Waals surface area contributed by atoms with E-state index in [-0.39, 0.29) is 0 Å². The Bertz CT molecular complexity index is 1150. The number of rotatable bonds is 1. The standard InChI is InChI=1S/C21H15N3/c22-14-7-5-6-13(12-14)21-23-19-17-10-3-1-8-15(17)16-9-2-4-11-18(16)20(19)24-21/h1-12H,22H2,(H,23,24). The van der Waals surface area contributed by atoms with Gasteiger partial charge >= 0.3 is 0 Å². The fourth-order valence-electron chi connectivity index (χ4n) is 3.45. The molecule has 1 aromatic heterocycles. The van der Waals surface area contributed by atoms with Gasteiger partial charge in [-0.1, -0.05) is 60.7 Å². The summed E-state index contributed by atoms with van der Waals surface area (Å²) in [5.74, 6) is 0.846. The number of hydrogen-bond acceptors (Lipinski definition) is 2. The molecule has 4 aromatic carbocycles. The van der Waals surface area contributed by atoms with E-state index in [0.717, 1.165) is 33.5 Å². The van der Waals surface area contributed by atoms with Crippen molar-refractivity contribution < 1.29 is 0 Å². The average Bonchev–Trinajstić information content (AvgIpc) is 3.08. The summed E-state index contributed by atoms with van der Waals surface area (Å²) in [5.41, 5.74) is 9.74. The van der Waals surface area contributed by atoms with Crippen LogP contribution in [0.2, 0.25) is 0 Å². The summed E-state index contributed by atoms with van der Waals surface area (Å²) in [6, 6.07) is 24.7. The first-order chi connectivity index (χ1) is 11.8. The number of nitrogens with one attached hydrogen (secondary N) is 1. The molecule has 0 atom stereocenters. The van der Waals surface area contributed by atoms with Gasteiger partial charge in [-0.05, 0) is 22.9 Å². The van der Waals surface area contributed by atoms with Crippen LogP contribution in [0.1, 0.15) is 0 Å². The second-order valence-electron chi connectivity index (χ2n) is 6.03. The van der Waals surface area contributed by atoms with Crippen molar-refractivity contribution in [1.29, 1.82) is 0 Å². The van der Waals surface area contributed by atoms with E-state index < -0.39 is 0 Å². The van der Waals surface area contributed by atoms with E-state index in [2.05, 4.69) is 53.5 Å². The fraction of sp³-hybridized carbons (Fsp3) is 0. The zero-order valence-corrected chi connectivity index (χ0v) is 13.0. The van der Waals surface area contributed by atoms with Gasteiger partial charge in [-0.15, -0.1) is 0 Å². The number of fused-ring (bicyclic) bond motifs is 6. The lowest BCUT2D eigenvalue weighted by Gasteiger charge is -2.05. The molecular formula is C21H15N3. The van der Waals surface area contributed by atoms with Gasteiger partial charge in [0, 0.05) is 22.0 Å². The van der Waals surface area contributed by atoms with E-state index in [1.807, 2.05) is 24.3 Å². The number of nitrogen functional groups attached to an aromatic ring is 1. The summed E-state index contributed by atoms with van der Waals surface area (Å²) in [6.45, 7) is 0. The maximum absolute atomic E-state index is 5.93. The largest absolute Gasteiger partial charge is 0.399 e. The first kappa shape index (κ1) is 13.1. The highest BCUT2D eigenvalue weighted by Gasteiger charge is 2.13. The zero-order chi connectivity index (χ0) is 16.1. The van der Waals surface area contributed by atoms with Crippen LogP contribution in [-0.4, -0.2) is 9.97 Å². The molecule has 0 unspecified atom stereocenters. The van der Waals surface area contributed by atoms with E-state index in [0.29, 0.717) is 0 Å². The lowest BCUT2D eigenvalue weighted by molar-refractivity contribution is 1.34. The third kappa shape index (κ3) is 1.82. The number of nitrogens with two attached hydrogens (primary N) is 1. The molecule has 0 saturated heterocycles. The first-order valence-electron chi connectivity index (χ1n) is 7.96. The summed E-state index contributed by atoms with van der Waals surface area (Å²) in [4.78, 5) is 8.40. The third-order valence-electron chi connectivity index (χ3n) is 4.53. The predicted molar refractivity (Wildman–Crippen MR) is 101 cm³/mol. The van der Waals surface area contributed by atoms with Crippen molar-refractivity contribution in [1.82, 2.24) is 9.97 Å². The number of hydrogen-bond donors (Lipinski definition) is 2. The van der Waals surface area contributed by atoms with Crippen LogP contribution in [0.15, 0.2) is 72.8 Å². The summed E-state index contributed by atoms with van der Waals surface area (Å²) in [7, 11) is 0. The van der Waals surface area contributed by atoms with E-state index >= 15 is 0 Å². The van der Waals surface area contributed by atoms with E-state index in [1.54, 1.807) is 0 Å². The Balaban J connectivity index is 1.95. The van der Waals surface area contributed by atoms with Gasteiger partial charge in [-0.25, -0.2) is 4.98 Å². The number of aromatic nitrogens is 2. The summed E-state index contributed by atoms with van der Waals surface area (Å²) in [6.07, 6.45) is 0. The van der Waals surface area contributed by atoms with Crippen LogP contribution in [0, 0.1) is 0 Å². The smallest absolute Gasteiger partial charge is 0.138 e. The molecule has 0 spiro atoms. The monoisotopic (exact) mass is 309 g/mol. The molecule has 0 aliphatic carbocycles. The molecule has 3 N–H and O–H groups in total. The Kier molecular flexibility index (Phi) is 2.65. The highest BCUT2D eigenvalue weighted by molar-refractivity contribution is 6.23. The first-order valence-corrected chi connectivity index (χ1v) is 7.96. The van der Waals surface area contributed by atoms with Crippen molar-refractivity contribution in [3.8, 4) is 11.4 Å². The molecule has 0 aliphatic rings. The maximum Gasteiger partial charge on any atom is 0.138 e. The van der Waals surface area contributed by atoms with Crippen LogP contribution < -0.4 is 5.73 Å². The molecule has 24 heavy (non-hydrogen) atoms. The normalized spacial score (nSPS) is 11.5. The Labute approximate surface area is 138 Å². The maximum atomic E-state index is 5.93. The molecule has 3 nitrogen and oxygen atoms in total. The van der Waals surface area contributed by atoms with Gasteiger partial charge in [0.25, 0.3) is 0 Å². The summed E-state index contributed by atoms with van der Waals surface area (Å²) >= 11 is 0.